The molecule has 2 aliphatic heterocycles. The zero-order chi connectivity index (χ0) is 17.9. The fourth-order valence-corrected chi connectivity index (χ4v) is 3.73. The Hall–Kier alpha value is -2.25. The smallest absolute Gasteiger partial charge is 0.274 e. The van der Waals surface area contributed by atoms with Crippen LogP contribution in [-0.2, 0) is 19.5 Å². The van der Waals surface area contributed by atoms with E-state index >= 15 is 0 Å². The number of rotatable bonds is 3. The van der Waals surface area contributed by atoms with Gasteiger partial charge in [-0.1, -0.05) is 12.1 Å². The highest BCUT2D eigenvalue weighted by Gasteiger charge is 2.27. The largest absolute Gasteiger partial charge is 0.336 e. The maximum atomic E-state index is 13.1. The Balaban J connectivity index is 1.39. The summed E-state index contributed by atoms with van der Waals surface area (Å²) in [5.41, 5.74) is 3.77. The summed E-state index contributed by atoms with van der Waals surface area (Å²) in [5, 5.41) is 10.6. The number of benzene rings is 1. The molecule has 4 rings (SSSR count). The van der Waals surface area contributed by atoms with E-state index in [0.717, 1.165) is 62.4 Å². The molecule has 2 N–H and O–H groups in total. The quantitative estimate of drug-likeness (QED) is 0.875. The standard InChI is InChI=1S/C19H24FN5O/c20-15-4-2-14(3-5-15)13-24-8-1-9-25(11-10-24)19(26)18-16-12-21-7-6-17(16)22-23-18/h2-5,21H,1,6-13H2,(H,22,23). The number of hydrogen-bond donors (Lipinski definition) is 2. The summed E-state index contributed by atoms with van der Waals surface area (Å²) in [4.78, 5) is 17.2. The molecule has 3 heterocycles. The molecule has 0 spiro atoms. The lowest BCUT2D eigenvalue weighted by Crippen LogP contribution is -2.36. The third-order valence-corrected chi connectivity index (χ3v) is 5.20. The van der Waals surface area contributed by atoms with Crippen LogP contribution in [0.5, 0.6) is 0 Å². The molecule has 1 aromatic carbocycles. The first-order valence-corrected chi connectivity index (χ1v) is 9.23. The van der Waals surface area contributed by atoms with Gasteiger partial charge in [-0.3, -0.25) is 14.8 Å². The number of halogens is 1. The van der Waals surface area contributed by atoms with Crippen molar-refractivity contribution in [2.24, 2.45) is 0 Å². The van der Waals surface area contributed by atoms with Crippen molar-refractivity contribution in [2.75, 3.05) is 32.7 Å². The molecule has 0 unspecified atom stereocenters. The normalized spacial score (nSPS) is 18.4. The Bertz CT molecular complexity index is 773. The second-order valence-corrected chi connectivity index (χ2v) is 7.00. The maximum absolute atomic E-state index is 13.1. The van der Waals surface area contributed by atoms with E-state index in [4.69, 9.17) is 0 Å². The molecule has 2 aromatic rings. The molecule has 0 bridgehead atoms. The maximum Gasteiger partial charge on any atom is 0.274 e. The van der Waals surface area contributed by atoms with E-state index in [9.17, 15) is 9.18 Å². The number of aromatic nitrogens is 2. The topological polar surface area (TPSA) is 64.3 Å². The van der Waals surface area contributed by atoms with Gasteiger partial charge in [-0.2, -0.15) is 5.10 Å². The zero-order valence-electron chi connectivity index (χ0n) is 14.8. The van der Waals surface area contributed by atoms with E-state index in [1.54, 1.807) is 0 Å². The van der Waals surface area contributed by atoms with E-state index in [1.807, 2.05) is 17.0 Å². The van der Waals surface area contributed by atoms with Gasteiger partial charge < -0.3 is 10.2 Å². The third-order valence-electron chi connectivity index (χ3n) is 5.20. The van der Waals surface area contributed by atoms with Crippen LogP contribution < -0.4 is 5.32 Å². The van der Waals surface area contributed by atoms with E-state index in [1.165, 1.54) is 12.1 Å². The predicted octanol–water partition coefficient (Wildman–Crippen LogP) is 1.54. The number of carbonyl (C=O) groups excluding carboxylic acids is 1. The van der Waals surface area contributed by atoms with E-state index in [2.05, 4.69) is 20.4 Å². The third kappa shape index (κ3) is 3.64. The average molecular weight is 357 g/mol. The Labute approximate surface area is 152 Å². The summed E-state index contributed by atoms with van der Waals surface area (Å²) >= 11 is 0. The lowest BCUT2D eigenvalue weighted by Gasteiger charge is -2.22. The molecule has 26 heavy (non-hydrogen) atoms. The fraction of sp³-hybridized carbons (Fsp3) is 0.474. The molecule has 0 saturated carbocycles. The number of carbonyl (C=O) groups is 1. The molecule has 6 nitrogen and oxygen atoms in total. The zero-order valence-corrected chi connectivity index (χ0v) is 14.8. The fourth-order valence-electron chi connectivity index (χ4n) is 3.73. The number of aromatic amines is 1. The van der Waals surface area contributed by atoms with Crippen LogP contribution in [0.4, 0.5) is 4.39 Å². The highest BCUT2D eigenvalue weighted by Crippen LogP contribution is 2.18. The average Bonchev–Trinajstić information content (AvgIpc) is 2.95. The van der Waals surface area contributed by atoms with Crippen LogP contribution in [0.3, 0.4) is 0 Å². The first-order chi connectivity index (χ1) is 12.7. The number of nitrogens with one attached hydrogen (secondary N) is 2. The molecule has 1 fully saturated rings. The van der Waals surface area contributed by atoms with Crippen LogP contribution in [0.2, 0.25) is 0 Å². The first kappa shape index (κ1) is 17.2. The first-order valence-electron chi connectivity index (χ1n) is 9.23. The van der Waals surface area contributed by atoms with Crippen molar-refractivity contribution in [1.29, 1.82) is 0 Å². The van der Waals surface area contributed by atoms with Gasteiger partial charge in [-0.15, -0.1) is 0 Å². The molecule has 138 valence electrons. The van der Waals surface area contributed by atoms with Gasteiger partial charge in [-0.05, 0) is 24.1 Å². The SMILES string of the molecule is O=C(c1n[nH]c2c1CNCC2)N1CCCN(Cc2ccc(F)cc2)CC1. The van der Waals surface area contributed by atoms with Crippen LogP contribution in [-0.4, -0.2) is 58.6 Å². The number of nitrogens with zero attached hydrogens (tertiary/aromatic N) is 3. The summed E-state index contributed by atoms with van der Waals surface area (Å²) in [7, 11) is 0. The highest BCUT2D eigenvalue weighted by atomic mass is 19.1. The van der Waals surface area contributed by atoms with Crippen molar-refractivity contribution in [1.82, 2.24) is 25.3 Å². The summed E-state index contributed by atoms with van der Waals surface area (Å²) in [5.74, 6) is -0.187. The molecule has 7 heteroatoms. The van der Waals surface area contributed by atoms with Gasteiger partial charge in [0.05, 0.1) is 0 Å². The second kappa shape index (κ2) is 7.55. The van der Waals surface area contributed by atoms with Gasteiger partial charge in [0.2, 0.25) is 0 Å². The molecule has 1 saturated heterocycles. The number of fused-ring (bicyclic) bond motifs is 1. The molecular formula is C19H24FN5O. The van der Waals surface area contributed by atoms with Gasteiger partial charge in [-0.25, -0.2) is 4.39 Å². The molecule has 0 aliphatic carbocycles. The van der Waals surface area contributed by atoms with Crippen molar-refractivity contribution in [3.63, 3.8) is 0 Å². The Kier molecular flexibility index (Phi) is 4.99. The van der Waals surface area contributed by atoms with E-state index < -0.39 is 0 Å². The number of amides is 1. The van der Waals surface area contributed by atoms with Crippen molar-refractivity contribution >= 4 is 5.91 Å². The molecular weight excluding hydrogens is 333 g/mol. The van der Waals surface area contributed by atoms with Crippen molar-refractivity contribution in [2.45, 2.75) is 25.9 Å². The molecule has 1 aromatic heterocycles. The summed E-state index contributed by atoms with van der Waals surface area (Å²) in [6.45, 7) is 5.59. The summed E-state index contributed by atoms with van der Waals surface area (Å²) in [6, 6.07) is 6.65. The van der Waals surface area contributed by atoms with Crippen molar-refractivity contribution in [3.8, 4) is 0 Å². The van der Waals surface area contributed by atoms with Crippen LogP contribution >= 0.6 is 0 Å². The lowest BCUT2D eigenvalue weighted by molar-refractivity contribution is 0.0754. The van der Waals surface area contributed by atoms with Crippen LogP contribution in [0.25, 0.3) is 0 Å². The minimum atomic E-state index is -0.210. The summed E-state index contributed by atoms with van der Waals surface area (Å²) in [6.07, 6.45) is 1.82. The van der Waals surface area contributed by atoms with Crippen molar-refractivity contribution in [3.05, 3.63) is 52.6 Å². The molecule has 0 radical (unpaired) electrons. The van der Waals surface area contributed by atoms with Crippen LogP contribution in [0.1, 0.15) is 33.7 Å². The van der Waals surface area contributed by atoms with E-state index in [-0.39, 0.29) is 11.7 Å². The minimum Gasteiger partial charge on any atom is -0.336 e. The van der Waals surface area contributed by atoms with Gasteiger partial charge in [0.15, 0.2) is 5.69 Å². The van der Waals surface area contributed by atoms with E-state index in [0.29, 0.717) is 18.8 Å². The highest BCUT2D eigenvalue weighted by molar-refractivity contribution is 5.94. The van der Waals surface area contributed by atoms with Gasteiger partial charge >= 0.3 is 0 Å². The number of hydrogen-bond acceptors (Lipinski definition) is 4. The molecule has 2 aliphatic rings. The Morgan fingerprint density at radius 3 is 2.85 bits per heavy atom. The molecule has 0 atom stereocenters. The van der Waals surface area contributed by atoms with Crippen LogP contribution in [0, 0.1) is 5.82 Å². The van der Waals surface area contributed by atoms with Crippen LogP contribution in [0.15, 0.2) is 24.3 Å². The second-order valence-electron chi connectivity index (χ2n) is 7.00. The Morgan fingerprint density at radius 2 is 2.00 bits per heavy atom. The van der Waals surface area contributed by atoms with Gasteiger partial charge in [0.25, 0.3) is 5.91 Å². The van der Waals surface area contributed by atoms with Crippen molar-refractivity contribution < 1.29 is 9.18 Å². The molecule has 1 amide bonds. The lowest BCUT2D eigenvalue weighted by atomic mass is 10.1. The monoisotopic (exact) mass is 357 g/mol. The summed E-state index contributed by atoms with van der Waals surface area (Å²) < 4.78 is 13.1. The Morgan fingerprint density at radius 1 is 1.15 bits per heavy atom. The van der Waals surface area contributed by atoms with Gasteiger partial charge in [0.1, 0.15) is 5.82 Å². The predicted molar refractivity (Wildman–Crippen MR) is 96.2 cm³/mol. The minimum absolute atomic E-state index is 0.0230. The van der Waals surface area contributed by atoms with Gasteiger partial charge in [0, 0.05) is 63.5 Å². The number of H-pyrrole nitrogens is 1.